The van der Waals surface area contributed by atoms with Crippen molar-refractivity contribution >= 4 is 33.0 Å². The summed E-state index contributed by atoms with van der Waals surface area (Å²) in [5, 5.41) is 31.5. The average molecular weight is 261 g/mol. The molecule has 0 bridgehead atoms. The zero-order valence-corrected chi connectivity index (χ0v) is 9.26. The van der Waals surface area contributed by atoms with Crippen LogP contribution in [0.4, 0.5) is 15.7 Å². The van der Waals surface area contributed by atoms with Gasteiger partial charge in [-0.2, -0.15) is 0 Å². The van der Waals surface area contributed by atoms with E-state index in [-0.39, 0.29) is 5.00 Å². The number of carboxylic acid groups (broad SMARTS) is 1. The number of aliphatic carboxylic acids is 1. The molecule has 0 unspecified atom stereocenters. The topological polar surface area (TPSA) is 136 Å². The Balaban J connectivity index is 3.08. The minimum Gasteiger partial charge on any atom is -0.480 e. The van der Waals surface area contributed by atoms with Crippen LogP contribution in [0.3, 0.4) is 0 Å². The molecule has 1 aromatic heterocycles. The average Bonchev–Trinajstić information content (AvgIpc) is 2.61. The molecule has 0 saturated heterocycles. The van der Waals surface area contributed by atoms with Gasteiger partial charge in [-0.1, -0.05) is 0 Å². The predicted molar refractivity (Wildman–Crippen MR) is 58.3 cm³/mol. The minimum atomic E-state index is -1.21. The molecule has 9 nitrogen and oxygen atoms in total. The Hall–Kier alpha value is -2.23. The second-order valence-corrected chi connectivity index (χ2v) is 4.05. The van der Waals surface area contributed by atoms with Crippen LogP contribution in [-0.2, 0) is 4.79 Å². The van der Waals surface area contributed by atoms with Crippen molar-refractivity contribution in [3.05, 3.63) is 26.3 Å². The SMILES string of the molecule is C[C@@H](Nc1sc([N+](=O)[O-])cc1[N+](=O)[O-])C(=O)O. The number of nitrogens with zero attached hydrogens (tertiary/aromatic N) is 2. The number of carboxylic acids is 1. The van der Waals surface area contributed by atoms with Crippen LogP contribution >= 0.6 is 11.3 Å². The Bertz CT molecular complexity index is 484. The number of nitrogens with one attached hydrogen (secondary N) is 1. The van der Waals surface area contributed by atoms with Gasteiger partial charge in [0.05, 0.1) is 9.85 Å². The molecule has 17 heavy (non-hydrogen) atoms. The zero-order chi connectivity index (χ0) is 13.2. The van der Waals surface area contributed by atoms with E-state index in [1.54, 1.807) is 0 Å². The fourth-order valence-corrected chi connectivity index (χ4v) is 1.88. The van der Waals surface area contributed by atoms with E-state index in [4.69, 9.17) is 5.11 Å². The van der Waals surface area contributed by atoms with Gasteiger partial charge in [-0.05, 0) is 18.3 Å². The Labute approximate surface area is 98.0 Å². The van der Waals surface area contributed by atoms with Gasteiger partial charge >= 0.3 is 16.7 Å². The monoisotopic (exact) mass is 261 g/mol. The standard InChI is InChI=1S/C7H7N3O6S/c1-3(7(11)12)8-6-4(9(13)14)2-5(17-6)10(15)16/h2-3,8H,1H3,(H,11,12)/t3-/m1/s1. The third-order valence-corrected chi connectivity index (χ3v) is 2.80. The fraction of sp³-hybridized carbons (Fsp3) is 0.286. The third-order valence-electron chi connectivity index (χ3n) is 1.79. The number of thiophene rings is 1. The highest BCUT2D eigenvalue weighted by Gasteiger charge is 2.27. The molecule has 0 saturated carbocycles. The lowest BCUT2D eigenvalue weighted by atomic mass is 10.3. The van der Waals surface area contributed by atoms with E-state index in [1.807, 2.05) is 0 Å². The summed E-state index contributed by atoms with van der Waals surface area (Å²) in [6.45, 7) is 1.28. The van der Waals surface area contributed by atoms with Crippen LogP contribution < -0.4 is 5.32 Å². The van der Waals surface area contributed by atoms with Crippen LogP contribution in [-0.4, -0.2) is 27.0 Å². The Morgan fingerprint density at radius 2 is 2.06 bits per heavy atom. The Kier molecular flexibility index (Phi) is 3.58. The zero-order valence-electron chi connectivity index (χ0n) is 8.45. The second-order valence-electron chi connectivity index (χ2n) is 3.02. The molecule has 0 spiro atoms. The molecule has 0 radical (unpaired) electrons. The number of rotatable bonds is 5. The van der Waals surface area contributed by atoms with Crippen molar-refractivity contribution in [2.75, 3.05) is 5.32 Å². The third kappa shape index (κ3) is 2.87. The van der Waals surface area contributed by atoms with E-state index < -0.39 is 32.5 Å². The summed E-state index contributed by atoms with van der Waals surface area (Å²) in [6, 6.07) is -0.284. The summed E-state index contributed by atoms with van der Waals surface area (Å²) < 4.78 is 0. The molecule has 0 aliphatic carbocycles. The van der Waals surface area contributed by atoms with Crippen LogP contribution in [0.1, 0.15) is 6.92 Å². The van der Waals surface area contributed by atoms with E-state index in [9.17, 15) is 25.0 Å². The van der Waals surface area contributed by atoms with Crippen LogP contribution in [0, 0.1) is 20.2 Å². The molecule has 2 N–H and O–H groups in total. The molecule has 0 aromatic carbocycles. The summed E-state index contributed by atoms with van der Waals surface area (Å²) in [6.07, 6.45) is 0. The summed E-state index contributed by atoms with van der Waals surface area (Å²) in [7, 11) is 0. The first-order chi connectivity index (χ1) is 7.82. The summed E-state index contributed by atoms with van der Waals surface area (Å²) >= 11 is 0.526. The van der Waals surface area contributed by atoms with Crippen molar-refractivity contribution in [3.8, 4) is 0 Å². The maximum Gasteiger partial charge on any atom is 0.333 e. The molecule has 1 atom stereocenters. The maximum atomic E-state index is 10.6. The first-order valence-corrected chi connectivity index (χ1v) is 5.06. The van der Waals surface area contributed by atoms with E-state index >= 15 is 0 Å². The van der Waals surface area contributed by atoms with Crippen molar-refractivity contribution in [1.82, 2.24) is 0 Å². The first-order valence-electron chi connectivity index (χ1n) is 4.25. The molecule has 0 aliphatic rings. The highest BCUT2D eigenvalue weighted by Crippen LogP contribution is 2.39. The number of nitro groups is 2. The molecule has 1 rings (SSSR count). The largest absolute Gasteiger partial charge is 0.480 e. The van der Waals surface area contributed by atoms with Crippen molar-refractivity contribution in [3.63, 3.8) is 0 Å². The van der Waals surface area contributed by atoms with Gasteiger partial charge in [0.15, 0.2) is 5.00 Å². The highest BCUT2D eigenvalue weighted by molar-refractivity contribution is 7.19. The number of hydrogen-bond donors (Lipinski definition) is 2. The lowest BCUT2D eigenvalue weighted by Crippen LogP contribution is -2.25. The molecule has 0 aliphatic heterocycles. The Morgan fingerprint density at radius 3 is 2.47 bits per heavy atom. The van der Waals surface area contributed by atoms with Crippen LogP contribution in [0.2, 0.25) is 0 Å². The molecule has 10 heteroatoms. The van der Waals surface area contributed by atoms with Crippen molar-refractivity contribution in [2.45, 2.75) is 13.0 Å². The normalized spacial score (nSPS) is 11.8. The number of anilines is 1. The molecule has 0 fully saturated rings. The van der Waals surface area contributed by atoms with Crippen molar-refractivity contribution in [2.24, 2.45) is 0 Å². The summed E-state index contributed by atoms with van der Waals surface area (Å²) in [5.74, 6) is -1.21. The van der Waals surface area contributed by atoms with Crippen LogP contribution in [0.5, 0.6) is 0 Å². The van der Waals surface area contributed by atoms with Crippen molar-refractivity contribution in [1.29, 1.82) is 0 Å². The second kappa shape index (κ2) is 4.74. The van der Waals surface area contributed by atoms with E-state index in [0.29, 0.717) is 11.3 Å². The fourth-order valence-electron chi connectivity index (χ4n) is 0.956. The lowest BCUT2D eigenvalue weighted by Gasteiger charge is -2.06. The van der Waals surface area contributed by atoms with Gasteiger partial charge in [-0.25, -0.2) is 0 Å². The summed E-state index contributed by atoms with van der Waals surface area (Å²) in [5.41, 5.74) is -0.505. The highest BCUT2D eigenvalue weighted by atomic mass is 32.1. The van der Waals surface area contributed by atoms with Gasteiger partial charge in [0.1, 0.15) is 12.1 Å². The number of hydrogen-bond acceptors (Lipinski definition) is 7. The maximum absolute atomic E-state index is 10.6. The molecule has 92 valence electrons. The van der Waals surface area contributed by atoms with Gasteiger partial charge in [0, 0.05) is 0 Å². The van der Waals surface area contributed by atoms with Gasteiger partial charge in [0.25, 0.3) is 0 Å². The van der Waals surface area contributed by atoms with E-state index in [1.165, 1.54) is 6.92 Å². The smallest absolute Gasteiger partial charge is 0.333 e. The minimum absolute atomic E-state index is 0.142. The molecular formula is C7H7N3O6S. The molecule has 1 aromatic rings. The molecule has 1 heterocycles. The van der Waals surface area contributed by atoms with Gasteiger partial charge < -0.3 is 10.4 Å². The quantitative estimate of drug-likeness (QED) is 0.604. The Morgan fingerprint density at radius 1 is 1.47 bits per heavy atom. The van der Waals surface area contributed by atoms with Gasteiger partial charge in [0.2, 0.25) is 0 Å². The van der Waals surface area contributed by atoms with Crippen molar-refractivity contribution < 1.29 is 19.7 Å². The van der Waals surface area contributed by atoms with Crippen LogP contribution in [0.15, 0.2) is 6.07 Å². The van der Waals surface area contributed by atoms with Gasteiger partial charge in [-0.3, -0.25) is 25.0 Å². The van der Waals surface area contributed by atoms with Gasteiger partial charge in [-0.15, -0.1) is 0 Å². The number of carbonyl (C=O) groups is 1. The van der Waals surface area contributed by atoms with E-state index in [2.05, 4.69) is 5.32 Å². The van der Waals surface area contributed by atoms with Crippen LogP contribution in [0.25, 0.3) is 0 Å². The van der Waals surface area contributed by atoms with E-state index in [0.717, 1.165) is 6.07 Å². The molecular weight excluding hydrogens is 254 g/mol. The molecule has 0 amide bonds. The first kappa shape index (κ1) is 12.8. The predicted octanol–water partition coefficient (Wildman–Crippen LogP) is 1.45. The summed E-state index contributed by atoms with van der Waals surface area (Å²) in [4.78, 5) is 30.1. The lowest BCUT2D eigenvalue weighted by molar-refractivity contribution is -0.389.